The van der Waals surface area contributed by atoms with Crippen LogP contribution in [0.25, 0.3) is 0 Å². The van der Waals surface area contributed by atoms with Crippen molar-refractivity contribution >= 4 is 46.7 Å². The first-order valence-electron chi connectivity index (χ1n) is 9.44. The van der Waals surface area contributed by atoms with Crippen molar-refractivity contribution in [3.05, 3.63) is 65.5 Å². The zero-order valence-electron chi connectivity index (χ0n) is 16.6. The van der Waals surface area contributed by atoms with E-state index < -0.39 is 0 Å². The molecule has 1 aliphatic heterocycles. The second kappa shape index (κ2) is 8.89. The molecule has 3 aromatic rings. The van der Waals surface area contributed by atoms with Crippen LogP contribution in [-0.2, 0) is 4.79 Å². The van der Waals surface area contributed by atoms with Gasteiger partial charge in [0.2, 0.25) is 5.91 Å². The number of aromatic nitrogens is 2. The predicted molar refractivity (Wildman–Crippen MR) is 120 cm³/mol. The molecule has 152 valence electrons. The van der Waals surface area contributed by atoms with E-state index in [-0.39, 0.29) is 11.8 Å². The van der Waals surface area contributed by atoms with Crippen LogP contribution in [0, 0.1) is 13.8 Å². The minimum atomic E-state index is -0.223. The topological polar surface area (TPSA) is 84.0 Å². The summed E-state index contributed by atoms with van der Waals surface area (Å²) in [5, 5.41) is 6.47. The first kappa shape index (κ1) is 20.4. The molecule has 2 amide bonds. The zero-order chi connectivity index (χ0) is 21.1. The highest BCUT2D eigenvalue weighted by molar-refractivity contribution is 7.99. The third kappa shape index (κ3) is 5.01. The van der Waals surface area contributed by atoms with Crippen molar-refractivity contribution in [1.29, 1.82) is 0 Å². The highest BCUT2D eigenvalue weighted by Gasteiger charge is 2.16. The number of hydrogen-bond acceptors (Lipinski definition) is 6. The van der Waals surface area contributed by atoms with Crippen molar-refractivity contribution in [2.75, 3.05) is 16.4 Å². The summed E-state index contributed by atoms with van der Waals surface area (Å²) < 4.78 is 0. The van der Waals surface area contributed by atoms with Crippen LogP contribution in [0.4, 0.5) is 11.4 Å². The number of amides is 2. The molecule has 2 aromatic carbocycles. The Morgan fingerprint density at radius 1 is 1.07 bits per heavy atom. The number of carbonyl (C=O) groups is 2. The van der Waals surface area contributed by atoms with E-state index in [0.29, 0.717) is 28.5 Å². The van der Waals surface area contributed by atoms with Crippen molar-refractivity contribution in [2.24, 2.45) is 0 Å². The molecule has 0 radical (unpaired) electrons. The van der Waals surface area contributed by atoms with Gasteiger partial charge in [0.1, 0.15) is 0 Å². The first-order valence-corrected chi connectivity index (χ1v) is 11.2. The summed E-state index contributed by atoms with van der Waals surface area (Å²) in [6, 6.07) is 14.9. The molecule has 0 unspecified atom stereocenters. The summed E-state index contributed by atoms with van der Waals surface area (Å²) >= 11 is 3.09. The fourth-order valence-electron chi connectivity index (χ4n) is 3.02. The number of thioether (sulfide) groups is 1. The van der Waals surface area contributed by atoms with Crippen LogP contribution in [0.15, 0.2) is 63.5 Å². The SMILES string of the molecule is Cc1cc(C)nc(Sc2ccc(NC(=O)c3ccc4c(c3)NC(=O)CCS4)cc2)n1. The van der Waals surface area contributed by atoms with Gasteiger partial charge in [0.15, 0.2) is 5.16 Å². The molecule has 6 nitrogen and oxygen atoms in total. The molecule has 0 bridgehead atoms. The smallest absolute Gasteiger partial charge is 0.255 e. The van der Waals surface area contributed by atoms with E-state index in [9.17, 15) is 9.59 Å². The summed E-state index contributed by atoms with van der Waals surface area (Å²) in [5.74, 6) is 0.487. The maximum Gasteiger partial charge on any atom is 0.255 e. The van der Waals surface area contributed by atoms with Gasteiger partial charge in [-0.15, -0.1) is 11.8 Å². The van der Waals surface area contributed by atoms with Crippen molar-refractivity contribution in [3.63, 3.8) is 0 Å². The van der Waals surface area contributed by atoms with Gasteiger partial charge < -0.3 is 10.6 Å². The fourth-order valence-corrected chi connectivity index (χ4v) is 4.81. The Bertz CT molecular complexity index is 1100. The average molecular weight is 437 g/mol. The third-order valence-corrected chi connectivity index (χ3v) is 6.33. The Hall–Kier alpha value is -2.84. The Kier molecular flexibility index (Phi) is 6.06. The van der Waals surface area contributed by atoms with Crippen molar-refractivity contribution in [2.45, 2.75) is 35.2 Å². The van der Waals surface area contributed by atoms with E-state index in [1.807, 2.05) is 50.2 Å². The highest BCUT2D eigenvalue weighted by Crippen LogP contribution is 2.32. The number of rotatable bonds is 4. The van der Waals surface area contributed by atoms with Gasteiger partial charge >= 0.3 is 0 Å². The molecule has 4 rings (SSSR count). The maximum absolute atomic E-state index is 12.7. The second-order valence-corrected chi connectivity index (χ2v) is 9.05. The molecule has 2 heterocycles. The van der Waals surface area contributed by atoms with E-state index in [2.05, 4.69) is 20.6 Å². The predicted octanol–water partition coefficient (Wildman–Crippen LogP) is 4.93. The molecule has 1 aromatic heterocycles. The van der Waals surface area contributed by atoms with Crippen LogP contribution in [0.5, 0.6) is 0 Å². The monoisotopic (exact) mass is 436 g/mol. The fraction of sp³-hybridized carbons (Fsp3) is 0.182. The zero-order valence-corrected chi connectivity index (χ0v) is 18.2. The van der Waals surface area contributed by atoms with Gasteiger partial charge in [0.25, 0.3) is 5.91 Å². The van der Waals surface area contributed by atoms with E-state index in [4.69, 9.17) is 0 Å². The molecule has 0 atom stereocenters. The van der Waals surface area contributed by atoms with Crippen LogP contribution < -0.4 is 10.6 Å². The Morgan fingerprint density at radius 2 is 1.80 bits per heavy atom. The van der Waals surface area contributed by atoms with Gasteiger partial charge in [0, 0.05) is 44.6 Å². The number of hydrogen-bond donors (Lipinski definition) is 2. The Morgan fingerprint density at radius 3 is 2.53 bits per heavy atom. The molecular weight excluding hydrogens is 416 g/mol. The molecule has 8 heteroatoms. The lowest BCUT2D eigenvalue weighted by atomic mass is 10.1. The number of fused-ring (bicyclic) bond motifs is 1. The lowest BCUT2D eigenvalue weighted by Gasteiger charge is -2.10. The van der Waals surface area contributed by atoms with Crippen molar-refractivity contribution in [3.8, 4) is 0 Å². The minimum absolute atomic E-state index is 0.0281. The van der Waals surface area contributed by atoms with Crippen LogP contribution in [-0.4, -0.2) is 27.5 Å². The van der Waals surface area contributed by atoms with Gasteiger partial charge in [-0.25, -0.2) is 9.97 Å². The number of nitrogens with zero attached hydrogens (tertiary/aromatic N) is 2. The molecule has 0 fully saturated rings. The molecule has 2 N–H and O–H groups in total. The molecule has 0 saturated heterocycles. The van der Waals surface area contributed by atoms with E-state index in [1.165, 1.54) is 11.8 Å². The normalized spacial score (nSPS) is 13.2. The largest absolute Gasteiger partial charge is 0.325 e. The third-order valence-electron chi connectivity index (χ3n) is 4.39. The van der Waals surface area contributed by atoms with Crippen molar-refractivity contribution < 1.29 is 9.59 Å². The number of anilines is 2. The van der Waals surface area contributed by atoms with Gasteiger partial charge in [-0.2, -0.15) is 0 Å². The lowest BCUT2D eigenvalue weighted by Crippen LogP contribution is -2.14. The number of benzene rings is 2. The van der Waals surface area contributed by atoms with E-state index in [0.717, 1.165) is 26.9 Å². The lowest BCUT2D eigenvalue weighted by molar-refractivity contribution is -0.115. The van der Waals surface area contributed by atoms with E-state index in [1.54, 1.807) is 23.9 Å². The maximum atomic E-state index is 12.7. The minimum Gasteiger partial charge on any atom is -0.325 e. The summed E-state index contributed by atoms with van der Waals surface area (Å²) in [4.78, 5) is 35.3. The molecule has 1 aliphatic rings. The Labute approximate surface area is 183 Å². The first-order chi connectivity index (χ1) is 14.5. The van der Waals surface area contributed by atoms with E-state index >= 15 is 0 Å². The molecule has 30 heavy (non-hydrogen) atoms. The summed E-state index contributed by atoms with van der Waals surface area (Å²) in [7, 11) is 0. The van der Waals surface area contributed by atoms with Crippen LogP contribution in [0.3, 0.4) is 0 Å². The van der Waals surface area contributed by atoms with Crippen LogP contribution in [0.2, 0.25) is 0 Å². The Balaban J connectivity index is 1.44. The summed E-state index contributed by atoms with van der Waals surface area (Å²) in [6.45, 7) is 3.90. The average Bonchev–Trinajstić information content (AvgIpc) is 2.88. The van der Waals surface area contributed by atoms with Crippen LogP contribution in [0.1, 0.15) is 28.2 Å². The quantitative estimate of drug-likeness (QED) is 0.564. The van der Waals surface area contributed by atoms with Gasteiger partial charge in [-0.05, 0) is 74.1 Å². The summed E-state index contributed by atoms with van der Waals surface area (Å²) in [5.41, 5.74) is 3.75. The molecule has 0 aliphatic carbocycles. The van der Waals surface area contributed by atoms with Gasteiger partial charge in [-0.1, -0.05) is 0 Å². The number of aryl methyl sites for hydroxylation is 2. The molecule has 0 spiro atoms. The van der Waals surface area contributed by atoms with Gasteiger partial charge in [0.05, 0.1) is 5.69 Å². The highest BCUT2D eigenvalue weighted by atomic mass is 32.2. The van der Waals surface area contributed by atoms with Crippen molar-refractivity contribution in [1.82, 2.24) is 9.97 Å². The van der Waals surface area contributed by atoms with Crippen LogP contribution >= 0.6 is 23.5 Å². The molecule has 0 saturated carbocycles. The number of nitrogens with one attached hydrogen (secondary N) is 2. The molecular formula is C22H20N4O2S2. The van der Waals surface area contributed by atoms with Gasteiger partial charge in [-0.3, -0.25) is 9.59 Å². The number of carbonyl (C=O) groups excluding carboxylic acids is 2. The summed E-state index contributed by atoms with van der Waals surface area (Å²) in [6.07, 6.45) is 0.471. The standard InChI is InChI=1S/C22H20N4O2S2/c1-13-11-14(2)24-22(23-13)30-17-6-4-16(5-7-17)25-21(28)15-3-8-19-18(12-15)26-20(27)9-10-29-19/h3-8,11-12H,9-10H2,1-2H3,(H,25,28)(H,26,27). The second-order valence-electron chi connectivity index (χ2n) is 6.87.